The molecule has 1 heterocycles. The summed E-state index contributed by atoms with van der Waals surface area (Å²) in [5, 5.41) is 2.92. The third kappa shape index (κ3) is 4.23. The summed E-state index contributed by atoms with van der Waals surface area (Å²) < 4.78 is 11.5. The van der Waals surface area contributed by atoms with Crippen LogP contribution >= 0.6 is 11.8 Å². The molecule has 2 aromatic rings. The number of carbonyl (C=O) groups excluding carboxylic acids is 1. The number of ether oxygens (including phenoxy) is 2. The Bertz CT molecular complexity index is 732. The molecule has 0 saturated carbocycles. The minimum Gasteiger partial charge on any atom is -0.486 e. The second kappa shape index (κ2) is 7.62. The van der Waals surface area contributed by atoms with Crippen LogP contribution in [0, 0.1) is 13.8 Å². The van der Waals surface area contributed by atoms with E-state index in [9.17, 15) is 4.79 Å². The molecule has 3 rings (SSSR count). The van der Waals surface area contributed by atoms with Crippen molar-refractivity contribution in [1.82, 2.24) is 5.32 Å². The second-order valence-corrected chi connectivity index (χ2v) is 6.88. The van der Waals surface area contributed by atoms with Crippen LogP contribution in [0.3, 0.4) is 0 Å². The van der Waals surface area contributed by atoms with E-state index < -0.39 is 0 Å². The van der Waals surface area contributed by atoms with Gasteiger partial charge in [-0.1, -0.05) is 29.8 Å². The first-order chi connectivity index (χ1) is 11.6. The van der Waals surface area contributed by atoms with Crippen molar-refractivity contribution in [3.63, 3.8) is 0 Å². The highest BCUT2D eigenvalue weighted by Crippen LogP contribution is 2.30. The van der Waals surface area contributed by atoms with E-state index in [1.165, 1.54) is 11.1 Å². The standard InChI is InChI=1S/C19H21NO3S/c1-13-7-8-18(14(2)9-13)24-12-19(21)20-10-15-11-22-16-5-3-4-6-17(16)23-15/h3-9,15H,10-12H2,1-2H3,(H,20,21). The van der Waals surface area contributed by atoms with Gasteiger partial charge in [-0.3, -0.25) is 4.79 Å². The molecule has 0 spiro atoms. The number of carbonyl (C=O) groups is 1. The molecule has 0 saturated heterocycles. The number of hydrogen-bond acceptors (Lipinski definition) is 4. The topological polar surface area (TPSA) is 47.6 Å². The van der Waals surface area contributed by atoms with Gasteiger partial charge in [-0.2, -0.15) is 0 Å². The summed E-state index contributed by atoms with van der Waals surface area (Å²) in [5.74, 6) is 1.88. The molecular formula is C19H21NO3S. The van der Waals surface area contributed by atoms with Gasteiger partial charge >= 0.3 is 0 Å². The molecule has 0 aromatic heterocycles. The van der Waals surface area contributed by atoms with E-state index in [-0.39, 0.29) is 12.0 Å². The molecule has 0 fully saturated rings. The van der Waals surface area contributed by atoms with Gasteiger partial charge in [0.2, 0.25) is 5.91 Å². The Balaban J connectivity index is 1.45. The lowest BCUT2D eigenvalue weighted by Gasteiger charge is -2.26. The predicted octanol–water partition coefficient (Wildman–Crippen LogP) is 3.35. The summed E-state index contributed by atoms with van der Waals surface area (Å²) in [4.78, 5) is 13.2. The van der Waals surface area contributed by atoms with Gasteiger partial charge in [-0.25, -0.2) is 0 Å². The predicted molar refractivity (Wildman–Crippen MR) is 96.0 cm³/mol. The zero-order chi connectivity index (χ0) is 16.9. The lowest BCUT2D eigenvalue weighted by molar-refractivity contribution is -0.119. The maximum Gasteiger partial charge on any atom is 0.230 e. The van der Waals surface area contributed by atoms with Crippen molar-refractivity contribution in [2.24, 2.45) is 0 Å². The maximum atomic E-state index is 12.1. The number of fused-ring (bicyclic) bond motifs is 1. The lowest BCUT2D eigenvalue weighted by atomic mass is 10.2. The fraction of sp³-hybridized carbons (Fsp3) is 0.316. The summed E-state index contributed by atoms with van der Waals surface area (Å²) >= 11 is 1.55. The molecule has 4 nitrogen and oxygen atoms in total. The van der Waals surface area contributed by atoms with Gasteiger partial charge in [0.1, 0.15) is 12.7 Å². The molecule has 126 valence electrons. The van der Waals surface area contributed by atoms with Gasteiger partial charge in [-0.15, -0.1) is 11.8 Å². The second-order valence-electron chi connectivity index (χ2n) is 5.86. The smallest absolute Gasteiger partial charge is 0.230 e. The monoisotopic (exact) mass is 343 g/mol. The number of amides is 1. The first kappa shape index (κ1) is 16.7. The van der Waals surface area contributed by atoms with Crippen LogP contribution < -0.4 is 14.8 Å². The van der Waals surface area contributed by atoms with Crippen LogP contribution in [-0.4, -0.2) is 30.9 Å². The van der Waals surface area contributed by atoms with E-state index in [0.29, 0.717) is 18.9 Å². The summed E-state index contributed by atoms with van der Waals surface area (Å²) in [6, 6.07) is 13.8. The lowest BCUT2D eigenvalue weighted by Crippen LogP contribution is -2.41. The van der Waals surface area contributed by atoms with E-state index in [0.717, 1.165) is 16.4 Å². The number of thioether (sulfide) groups is 1. The van der Waals surface area contributed by atoms with Gasteiger partial charge in [0.25, 0.3) is 0 Å². The fourth-order valence-electron chi connectivity index (χ4n) is 2.55. The third-order valence-electron chi connectivity index (χ3n) is 3.78. The van der Waals surface area contributed by atoms with Crippen LogP contribution in [0.4, 0.5) is 0 Å². The number of rotatable bonds is 5. The first-order valence-electron chi connectivity index (χ1n) is 7.97. The minimum atomic E-state index is -0.157. The molecule has 1 N–H and O–H groups in total. The molecule has 1 aliphatic rings. The first-order valence-corrected chi connectivity index (χ1v) is 8.95. The zero-order valence-electron chi connectivity index (χ0n) is 13.9. The van der Waals surface area contributed by atoms with E-state index in [1.807, 2.05) is 24.3 Å². The summed E-state index contributed by atoms with van der Waals surface area (Å²) in [7, 11) is 0. The Morgan fingerprint density at radius 3 is 2.79 bits per heavy atom. The summed E-state index contributed by atoms with van der Waals surface area (Å²) in [6.45, 7) is 5.03. The van der Waals surface area contributed by atoms with E-state index in [1.54, 1.807) is 11.8 Å². The Kier molecular flexibility index (Phi) is 5.30. The van der Waals surface area contributed by atoms with Gasteiger partial charge in [0.05, 0.1) is 12.3 Å². The highest BCUT2D eigenvalue weighted by Gasteiger charge is 2.20. The van der Waals surface area contributed by atoms with E-state index in [4.69, 9.17) is 9.47 Å². The highest BCUT2D eigenvalue weighted by molar-refractivity contribution is 8.00. The van der Waals surface area contributed by atoms with Crippen LogP contribution in [0.15, 0.2) is 47.4 Å². The van der Waals surface area contributed by atoms with Crippen molar-refractivity contribution in [2.45, 2.75) is 24.8 Å². The normalized spacial score (nSPS) is 15.8. The molecule has 0 bridgehead atoms. The van der Waals surface area contributed by atoms with Crippen molar-refractivity contribution >= 4 is 17.7 Å². The van der Waals surface area contributed by atoms with E-state index >= 15 is 0 Å². The van der Waals surface area contributed by atoms with Crippen molar-refractivity contribution in [3.8, 4) is 11.5 Å². The summed E-state index contributed by atoms with van der Waals surface area (Å²) in [6.07, 6.45) is -0.157. The molecule has 1 amide bonds. The van der Waals surface area contributed by atoms with Crippen LogP contribution in [0.2, 0.25) is 0 Å². The molecule has 0 radical (unpaired) electrons. The van der Waals surface area contributed by atoms with Crippen LogP contribution in [-0.2, 0) is 4.79 Å². The van der Waals surface area contributed by atoms with Gasteiger partial charge in [0.15, 0.2) is 11.5 Å². The molecule has 1 unspecified atom stereocenters. The number of para-hydroxylation sites is 2. The van der Waals surface area contributed by atoms with E-state index in [2.05, 4.69) is 37.4 Å². The number of nitrogens with one attached hydrogen (secondary N) is 1. The Labute approximate surface area is 146 Å². The van der Waals surface area contributed by atoms with Crippen molar-refractivity contribution in [3.05, 3.63) is 53.6 Å². The Morgan fingerprint density at radius 2 is 2.00 bits per heavy atom. The fourth-order valence-corrected chi connectivity index (χ4v) is 3.39. The largest absolute Gasteiger partial charge is 0.486 e. The maximum absolute atomic E-state index is 12.1. The molecule has 2 aromatic carbocycles. The van der Waals surface area contributed by atoms with Crippen LogP contribution in [0.25, 0.3) is 0 Å². The third-order valence-corrected chi connectivity index (χ3v) is 4.96. The number of aryl methyl sites for hydroxylation is 2. The van der Waals surface area contributed by atoms with Crippen molar-refractivity contribution < 1.29 is 14.3 Å². The van der Waals surface area contributed by atoms with Crippen LogP contribution in [0.1, 0.15) is 11.1 Å². The average molecular weight is 343 g/mol. The molecule has 24 heavy (non-hydrogen) atoms. The van der Waals surface area contributed by atoms with Crippen LogP contribution in [0.5, 0.6) is 11.5 Å². The molecule has 0 aliphatic carbocycles. The van der Waals surface area contributed by atoms with Gasteiger partial charge in [0, 0.05) is 4.90 Å². The quantitative estimate of drug-likeness (QED) is 0.846. The van der Waals surface area contributed by atoms with Crippen molar-refractivity contribution in [2.75, 3.05) is 18.9 Å². The molecule has 1 atom stereocenters. The van der Waals surface area contributed by atoms with Gasteiger partial charge < -0.3 is 14.8 Å². The van der Waals surface area contributed by atoms with Gasteiger partial charge in [-0.05, 0) is 37.6 Å². The number of hydrogen-bond donors (Lipinski definition) is 1. The Morgan fingerprint density at radius 1 is 1.21 bits per heavy atom. The molecular weight excluding hydrogens is 322 g/mol. The molecule has 5 heteroatoms. The summed E-state index contributed by atoms with van der Waals surface area (Å²) in [5.41, 5.74) is 2.43. The number of benzene rings is 2. The SMILES string of the molecule is Cc1ccc(SCC(=O)NCC2COc3ccccc3O2)c(C)c1. The highest BCUT2D eigenvalue weighted by atomic mass is 32.2. The molecule has 1 aliphatic heterocycles. The zero-order valence-corrected chi connectivity index (χ0v) is 14.7. The average Bonchev–Trinajstić information content (AvgIpc) is 2.59. The van der Waals surface area contributed by atoms with Crippen molar-refractivity contribution in [1.29, 1.82) is 0 Å². The Hall–Kier alpha value is -2.14. The minimum absolute atomic E-state index is 0.00225.